The molecule has 1 aromatic rings. The highest BCUT2D eigenvalue weighted by atomic mass is 16.2. The van der Waals surface area contributed by atoms with Gasteiger partial charge < -0.3 is 0 Å². The van der Waals surface area contributed by atoms with Crippen LogP contribution >= 0.6 is 0 Å². The van der Waals surface area contributed by atoms with E-state index in [0.717, 1.165) is 10.6 Å². The van der Waals surface area contributed by atoms with Crippen molar-refractivity contribution in [1.29, 1.82) is 0 Å². The molecule has 0 atom stereocenters. The van der Waals surface area contributed by atoms with Gasteiger partial charge in [-0.2, -0.15) is 5.10 Å². The van der Waals surface area contributed by atoms with Crippen LogP contribution in [0.3, 0.4) is 0 Å². The van der Waals surface area contributed by atoms with Crippen LogP contribution in [0.15, 0.2) is 29.6 Å². The van der Waals surface area contributed by atoms with E-state index >= 15 is 0 Å². The highest BCUT2D eigenvalue weighted by molar-refractivity contribution is 6.02. The Morgan fingerprint density at radius 3 is 2.73 bits per heavy atom. The first-order valence-electron chi connectivity index (χ1n) is 4.31. The molecule has 0 radical (unpaired) electrons. The summed E-state index contributed by atoms with van der Waals surface area (Å²) >= 11 is 0. The second kappa shape index (κ2) is 3.87. The molecule has 0 saturated carbocycles. The number of nitrogens with zero attached hydrogens (tertiary/aromatic N) is 3. The van der Waals surface area contributed by atoms with Gasteiger partial charge in [-0.1, -0.05) is 0 Å². The number of urea groups is 1. The lowest BCUT2D eigenvalue weighted by Gasteiger charge is -2.03. The SMILES string of the molecule is O=C1CN(/N=C\c2ccncc2)C(=O)N1. The Hall–Kier alpha value is -2.24. The van der Waals surface area contributed by atoms with Gasteiger partial charge >= 0.3 is 6.03 Å². The number of aromatic nitrogens is 1. The first-order valence-corrected chi connectivity index (χ1v) is 4.31. The zero-order chi connectivity index (χ0) is 10.7. The van der Waals surface area contributed by atoms with Crippen LogP contribution in [0.1, 0.15) is 5.56 Å². The molecule has 1 aromatic heterocycles. The number of carbonyl (C=O) groups is 2. The minimum absolute atomic E-state index is 0.0274. The number of hydrazone groups is 1. The molecule has 0 spiro atoms. The van der Waals surface area contributed by atoms with Crippen LogP contribution in [0.25, 0.3) is 0 Å². The molecule has 1 saturated heterocycles. The van der Waals surface area contributed by atoms with Crippen LogP contribution in [0.4, 0.5) is 4.79 Å². The molecule has 0 unspecified atom stereocenters. The fraction of sp³-hybridized carbons (Fsp3) is 0.111. The third-order valence-corrected chi connectivity index (χ3v) is 1.83. The summed E-state index contributed by atoms with van der Waals surface area (Å²) in [6.07, 6.45) is 4.74. The maximum Gasteiger partial charge on any atom is 0.344 e. The van der Waals surface area contributed by atoms with Crippen LogP contribution in [-0.4, -0.2) is 34.7 Å². The summed E-state index contributed by atoms with van der Waals surface area (Å²) in [5, 5.41) is 7.07. The van der Waals surface area contributed by atoms with Gasteiger partial charge in [0.2, 0.25) is 5.91 Å². The predicted molar refractivity (Wildman–Crippen MR) is 52.1 cm³/mol. The second-order valence-corrected chi connectivity index (χ2v) is 2.94. The molecule has 6 heteroatoms. The van der Waals surface area contributed by atoms with E-state index in [1.807, 2.05) is 0 Å². The topological polar surface area (TPSA) is 74.7 Å². The monoisotopic (exact) mass is 204 g/mol. The summed E-state index contributed by atoms with van der Waals surface area (Å²) in [5.74, 6) is -0.341. The molecule has 15 heavy (non-hydrogen) atoms. The van der Waals surface area contributed by atoms with E-state index in [4.69, 9.17) is 0 Å². The molecule has 1 aliphatic rings. The van der Waals surface area contributed by atoms with E-state index in [-0.39, 0.29) is 12.5 Å². The number of imide groups is 1. The third-order valence-electron chi connectivity index (χ3n) is 1.83. The molecule has 1 fully saturated rings. The number of nitrogens with one attached hydrogen (secondary N) is 1. The average molecular weight is 204 g/mol. The Balaban J connectivity index is 2.06. The summed E-state index contributed by atoms with van der Waals surface area (Å²) in [6.45, 7) is -0.0274. The first-order chi connectivity index (χ1) is 7.25. The number of rotatable bonds is 2. The lowest BCUT2D eigenvalue weighted by molar-refractivity contribution is -0.118. The van der Waals surface area contributed by atoms with Crippen molar-refractivity contribution < 1.29 is 9.59 Å². The van der Waals surface area contributed by atoms with Gasteiger partial charge in [-0.15, -0.1) is 0 Å². The molecule has 1 N–H and O–H groups in total. The molecule has 2 heterocycles. The van der Waals surface area contributed by atoms with Crippen LogP contribution in [0.2, 0.25) is 0 Å². The highest BCUT2D eigenvalue weighted by Crippen LogP contribution is 1.99. The molecule has 1 aliphatic heterocycles. The van der Waals surface area contributed by atoms with E-state index in [1.165, 1.54) is 6.21 Å². The molecule has 0 aliphatic carbocycles. The van der Waals surface area contributed by atoms with Gasteiger partial charge in [0.05, 0.1) is 6.21 Å². The Morgan fingerprint density at radius 2 is 2.13 bits per heavy atom. The van der Waals surface area contributed by atoms with Gasteiger partial charge in [0.15, 0.2) is 0 Å². The van der Waals surface area contributed by atoms with Crippen LogP contribution in [0, 0.1) is 0 Å². The maximum atomic E-state index is 11.1. The summed E-state index contributed by atoms with van der Waals surface area (Å²) in [7, 11) is 0. The summed E-state index contributed by atoms with van der Waals surface area (Å²) in [6, 6.07) is 3.00. The average Bonchev–Trinajstić information content (AvgIpc) is 2.56. The second-order valence-electron chi connectivity index (χ2n) is 2.94. The number of pyridine rings is 1. The van der Waals surface area contributed by atoms with Crippen molar-refractivity contribution >= 4 is 18.2 Å². The number of hydrogen-bond donors (Lipinski definition) is 1. The fourth-order valence-electron chi connectivity index (χ4n) is 1.11. The Kier molecular flexibility index (Phi) is 2.40. The lowest BCUT2D eigenvalue weighted by atomic mass is 10.3. The van der Waals surface area contributed by atoms with Crippen LogP contribution in [-0.2, 0) is 4.79 Å². The molecule has 76 valence electrons. The molecular formula is C9H8N4O2. The molecule has 0 aromatic carbocycles. The zero-order valence-corrected chi connectivity index (χ0v) is 7.75. The molecule has 6 nitrogen and oxygen atoms in total. The van der Waals surface area contributed by atoms with E-state index in [1.54, 1.807) is 24.5 Å². The number of carbonyl (C=O) groups excluding carboxylic acids is 2. The number of amides is 3. The van der Waals surface area contributed by atoms with Crippen molar-refractivity contribution in [2.24, 2.45) is 5.10 Å². The summed E-state index contributed by atoms with van der Waals surface area (Å²) in [5.41, 5.74) is 0.817. The molecule has 3 amide bonds. The van der Waals surface area contributed by atoms with Crippen molar-refractivity contribution in [1.82, 2.24) is 15.3 Å². The molecule has 2 rings (SSSR count). The Labute approximate surface area is 85.6 Å². The van der Waals surface area contributed by atoms with Gasteiger partial charge in [0, 0.05) is 12.4 Å². The largest absolute Gasteiger partial charge is 0.344 e. The Bertz CT molecular complexity index is 415. The van der Waals surface area contributed by atoms with Crippen LogP contribution < -0.4 is 5.32 Å². The quantitative estimate of drug-likeness (QED) is 0.543. The highest BCUT2D eigenvalue weighted by Gasteiger charge is 2.25. The van der Waals surface area contributed by atoms with Crippen molar-refractivity contribution in [2.75, 3.05) is 6.54 Å². The fourth-order valence-corrected chi connectivity index (χ4v) is 1.11. The molecular weight excluding hydrogens is 196 g/mol. The standard InChI is InChI=1S/C9H8N4O2/c14-8-6-13(9(15)12-8)11-5-7-1-3-10-4-2-7/h1-5H,6H2,(H,12,14,15)/b11-5-. The minimum Gasteiger partial charge on any atom is -0.275 e. The van der Waals surface area contributed by atoms with Crippen LogP contribution in [0.5, 0.6) is 0 Å². The predicted octanol–water partition coefficient (Wildman–Crippen LogP) is -0.0327. The van der Waals surface area contributed by atoms with Gasteiger partial charge in [-0.05, 0) is 17.7 Å². The van der Waals surface area contributed by atoms with E-state index in [9.17, 15) is 9.59 Å². The van der Waals surface area contributed by atoms with Gasteiger partial charge in [-0.3, -0.25) is 15.1 Å². The van der Waals surface area contributed by atoms with Crippen molar-refractivity contribution in [2.45, 2.75) is 0 Å². The smallest absolute Gasteiger partial charge is 0.275 e. The van der Waals surface area contributed by atoms with Crippen molar-refractivity contribution in [3.05, 3.63) is 30.1 Å². The summed E-state index contributed by atoms with van der Waals surface area (Å²) in [4.78, 5) is 25.7. The Morgan fingerprint density at radius 1 is 1.40 bits per heavy atom. The van der Waals surface area contributed by atoms with E-state index < -0.39 is 6.03 Å². The number of hydrogen-bond acceptors (Lipinski definition) is 4. The maximum absolute atomic E-state index is 11.1. The van der Waals surface area contributed by atoms with E-state index in [0.29, 0.717) is 0 Å². The summed E-state index contributed by atoms with van der Waals surface area (Å²) < 4.78 is 0. The van der Waals surface area contributed by atoms with Gasteiger partial charge in [0.1, 0.15) is 6.54 Å². The van der Waals surface area contributed by atoms with E-state index in [2.05, 4.69) is 15.4 Å². The first kappa shape index (κ1) is 9.32. The van der Waals surface area contributed by atoms with Crippen molar-refractivity contribution in [3.8, 4) is 0 Å². The lowest BCUT2D eigenvalue weighted by Crippen LogP contribution is -2.24. The minimum atomic E-state index is -0.495. The van der Waals surface area contributed by atoms with Crippen molar-refractivity contribution in [3.63, 3.8) is 0 Å². The zero-order valence-electron chi connectivity index (χ0n) is 7.75. The van der Waals surface area contributed by atoms with Gasteiger partial charge in [-0.25, -0.2) is 9.80 Å². The normalized spacial score (nSPS) is 16.1. The van der Waals surface area contributed by atoms with Gasteiger partial charge in [0.25, 0.3) is 0 Å². The molecule has 0 bridgehead atoms. The third kappa shape index (κ3) is 2.16.